The monoisotopic (exact) mass is 354 g/mol. The van der Waals surface area contributed by atoms with Gasteiger partial charge in [-0.3, -0.25) is 9.59 Å². The maximum atomic E-state index is 12.8. The molecule has 1 aromatic rings. The molecule has 2 heterocycles. The van der Waals surface area contributed by atoms with E-state index in [1.54, 1.807) is 4.90 Å². The Hall–Kier alpha value is -2.39. The average molecular weight is 354 g/mol. The quantitative estimate of drug-likeness (QED) is 0.892. The van der Waals surface area contributed by atoms with Crippen molar-refractivity contribution in [2.24, 2.45) is 11.1 Å². The fourth-order valence-electron chi connectivity index (χ4n) is 3.80. The Morgan fingerprint density at radius 3 is 2.50 bits per heavy atom. The van der Waals surface area contributed by atoms with E-state index in [0.717, 1.165) is 6.42 Å². The van der Waals surface area contributed by atoms with Crippen molar-refractivity contribution in [3.63, 3.8) is 0 Å². The van der Waals surface area contributed by atoms with E-state index in [9.17, 15) is 14.9 Å². The highest BCUT2D eigenvalue weighted by Crippen LogP contribution is 2.31. The lowest BCUT2D eigenvalue weighted by Crippen LogP contribution is -2.53. The summed E-state index contributed by atoms with van der Waals surface area (Å²) >= 11 is 0. The van der Waals surface area contributed by atoms with Crippen LogP contribution in [-0.4, -0.2) is 40.2 Å². The molecular weight excluding hydrogens is 328 g/mol. The molecule has 6 nitrogen and oxygen atoms in total. The fourth-order valence-corrected chi connectivity index (χ4v) is 3.80. The number of fused-ring (bicyclic) bond motifs is 1. The van der Waals surface area contributed by atoms with Crippen molar-refractivity contribution in [1.82, 2.24) is 9.80 Å². The number of carbonyl (C=O) groups excluding carboxylic acids is 2. The minimum absolute atomic E-state index is 0.00713. The van der Waals surface area contributed by atoms with E-state index in [-0.39, 0.29) is 18.2 Å². The third kappa shape index (κ3) is 3.45. The van der Waals surface area contributed by atoms with Crippen LogP contribution in [-0.2, 0) is 22.7 Å². The number of hydrogen-bond acceptors (Lipinski definition) is 4. The summed E-state index contributed by atoms with van der Waals surface area (Å²) in [6.45, 7) is 5.49. The first-order chi connectivity index (χ1) is 12.3. The van der Waals surface area contributed by atoms with Crippen LogP contribution in [0.15, 0.2) is 24.3 Å². The van der Waals surface area contributed by atoms with Crippen LogP contribution in [0.5, 0.6) is 0 Å². The van der Waals surface area contributed by atoms with Gasteiger partial charge in [-0.2, -0.15) is 5.26 Å². The Kier molecular flexibility index (Phi) is 5.01. The van der Waals surface area contributed by atoms with Gasteiger partial charge in [0, 0.05) is 26.1 Å². The molecule has 2 amide bonds. The SMILES string of the molecule is CC(C)(CC(=O)N1Cc2ccccc2C1)[C@H](N)C(=O)N1CCC[C@H]1C#N. The molecule has 0 saturated carbocycles. The van der Waals surface area contributed by atoms with Crippen molar-refractivity contribution in [2.45, 2.75) is 58.3 Å². The maximum absolute atomic E-state index is 12.8. The fraction of sp³-hybridized carbons (Fsp3) is 0.550. The van der Waals surface area contributed by atoms with Crippen LogP contribution in [0, 0.1) is 16.7 Å². The lowest BCUT2D eigenvalue weighted by atomic mass is 9.80. The van der Waals surface area contributed by atoms with Crippen LogP contribution in [0.25, 0.3) is 0 Å². The number of benzene rings is 1. The summed E-state index contributed by atoms with van der Waals surface area (Å²) in [7, 11) is 0. The molecule has 3 rings (SSSR count). The number of rotatable bonds is 4. The first-order valence-corrected chi connectivity index (χ1v) is 9.14. The summed E-state index contributed by atoms with van der Waals surface area (Å²) in [6, 6.07) is 9.01. The first-order valence-electron chi connectivity index (χ1n) is 9.14. The van der Waals surface area contributed by atoms with Crippen LogP contribution in [0.2, 0.25) is 0 Å². The standard InChI is InChI=1S/C20H26N4O2/c1-20(2,18(22)19(26)24-9-5-8-16(24)11-21)10-17(25)23-12-14-6-3-4-7-15(14)13-23/h3-4,6-7,16,18H,5,8-10,12-13,22H2,1-2H3/t16-,18+/m0/s1. The van der Waals surface area contributed by atoms with Crippen LogP contribution in [0.1, 0.15) is 44.2 Å². The second-order valence-corrected chi connectivity index (χ2v) is 7.98. The third-order valence-electron chi connectivity index (χ3n) is 5.59. The minimum atomic E-state index is -0.801. The summed E-state index contributed by atoms with van der Waals surface area (Å²) in [5.74, 6) is -0.218. The molecule has 1 saturated heterocycles. The molecule has 26 heavy (non-hydrogen) atoms. The van der Waals surface area contributed by atoms with Crippen LogP contribution >= 0.6 is 0 Å². The average Bonchev–Trinajstić information content (AvgIpc) is 3.26. The molecule has 2 atom stereocenters. The van der Waals surface area contributed by atoms with Gasteiger partial charge in [-0.15, -0.1) is 0 Å². The lowest BCUT2D eigenvalue weighted by molar-refractivity contribution is -0.138. The molecule has 0 aliphatic carbocycles. The number of carbonyl (C=O) groups is 2. The molecule has 2 aliphatic rings. The zero-order valence-electron chi connectivity index (χ0n) is 15.4. The van der Waals surface area contributed by atoms with Gasteiger partial charge in [0.15, 0.2) is 0 Å². The molecule has 1 aromatic carbocycles. The van der Waals surface area contributed by atoms with Gasteiger partial charge in [-0.1, -0.05) is 38.1 Å². The predicted molar refractivity (Wildman–Crippen MR) is 97.4 cm³/mol. The van der Waals surface area contributed by atoms with Crippen molar-refractivity contribution < 1.29 is 9.59 Å². The Morgan fingerprint density at radius 1 is 1.31 bits per heavy atom. The van der Waals surface area contributed by atoms with Gasteiger partial charge in [-0.25, -0.2) is 0 Å². The van der Waals surface area contributed by atoms with Crippen LogP contribution < -0.4 is 5.73 Å². The molecular formula is C20H26N4O2. The Bertz CT molecular complexity index is 727. The zero-order chi connectivity index (χ0) is 18.9. The van der Waals surface area contributed by atoms with E-state index in [1.807, 2.05) is 43.0 Å². The molecule has 0 spiro atoms. The van der Waals surface area contributed by atoms with E-state index in [0.29, 0.717) is 26.1 Å². The second-order valence-electron chi connectivity index (χ2n) is 7.98. The molecule has 2 aliphatic heterocycles. The largest absolute Gasteiger partial charge is 0.334 e. The Morgan fingerprint density at radius 2 is 1.92 bits per heavy atom. The topological polar surface area (TPSA) is 90.4 Å². The van der Waals surface area contributed by atoms with Gasteiger partial charge in [0.25, 0.3) is 0 Å². The van der Waals surface area contributed by atoms with Crippen molar-refractivity contribution >= 4 is 11.8 Å². The molecule has 2 N–H and O–H groups in total. The highest BCUT2D eigenvalue weighted by Gasteiger charge is 2.40. The molecule has 0 unspecified atom stereocenters. The van der Waals surface area contributed by atoms with E-state index in [1.165, 1.54) is 11.1 Å². The highest BCUT2D eigenvalue weighted by molar-refractivity contribution is 5.85. The van der Waals surface area contributed by atoms with Gasteiger partial charge >= 0.3 is 0 Å². The normalized spacial score (nSPS) is 20.6. The second kappa shape index (κ2) is 7.08. The van der Waals surface area contributed by atoms with Crippen molar-refractivity contribution in [3.8, 4) is 6.07 Å². The van der Waals surface area contributed by atoms with E-state index < -0.39 is 17.5 Å². The molecule has 6 heteroatoms. The highest BCUT2D eigenvalue weighted by atomic mass is 16.2. The van der Waals surface area contributed by atoms with Gasteiger partial charge in [-0.05, 0) is 29.4 Å². The van der Waals surface area contributed by atoms with Crippen molar-refractivity contribution in [3.05, 3.63) is 35.4 Å². The van der Waals surface area contributed by atoms with Gasteiger partial charge in [0.2, 0.25) is 11.8 Å². The number of nitrogens with zero attached hydrogens (tertiary/aromatic N) is 3. The third-order valence-corrected chi connectivity index (χ3v) is 5.59. The number of amides is 2. The van der Waals surface area contributed by atoms with Crippen LogP contribution in [0.3, 0.4) is 0 Å². The zero-order valence-corrected chi connectivity index (χ0v) is 15.4. The van der Waals surface area contributed by atoms with Crippen molar-refractivity contribution in [1.29, 1.82) is 5.26 Å². The first kappa shape index (κ1) is 18.4. The summed E-state index contributed by atoms with van der Waals surface area (Å²) in [6.07, 6.45) is 1.72. The number of nitriles is 1. The van der Waals surface area contributed by atoms with E-state index >= 15 is 0 Å². The molecule has 1 fully saturated rings. The summed E-state index contributed by atoms with van der Waals surface area (Å²) in [4.78, 5) is 28.9. The van der Waals surface area contributed by atoms with Gasteiger partial charge in [0.05, 0.1) is 12.1 Å². The molecule has 0 radical (unpaired) electrons. The number of hydrogen-bond donors (Lipinski definition) is 1. The Labute approximate surface area is 154 Å². The summed E-state index contributed by atoms with van der Waals surface area (Å²) in [5.41, 5.74) is 7.92. The minimum Gasteiger partial charge on any atom is -0.334 e. The van der Waals surface area contributed by atoms with Crippen LogP contribution in [0.4, 0.5) is 0 Å². The molecule has 0 bridgehead atoms. The number of likely N-dealkylation sites (tertiary alicyclic amines) is 1. The predicted octanol–water partition coefficient (Wildman–Crippen LogP) is 1.79. The smallest absolute Gasteiger partial charge is 0.241 e. The number of nitrogens with two attached hydrogens (primary N) is 1. The molecule has 138 valence electrons. The summed E-state index contributed by atoms with van der Waals surface area (Å²) < 4.78 is 0. The van der Waals surface area contributed by atoms with Gasteiger partial charge in [0.1, 0.15) is 6.04 Å². The molecule has 0 aromatic heterocycles. The Balaban J connectivity index is 1.64. The maximum Gasteiger partial charge on any atom is 0.241 e. The summed E-state index contributed by atoms with van der Waals surface area (Å²) in [5, 5.41) is 9.20. The van der Waals surface area contributed by atoms with Gasteiger partial charge < -0.3 is 15.5 Å². The van der Waals surface area contributed by atoms with Crippen molar-refractivity contribution in [2.75, 3.05) is 6.54 Å². The van der Waals surface area contributed by atoms with E-state index in [4.69, 9.17) is 5.73 Å². The lowest BCUT2D eigenvalue weighted by Gasteiger charge is -2.34. The van der Waals surface area contributed by atoms with E-state index in [2.05, 4.69) is 6.07 Å².